The Labute approximate surface area is 132 Å². The van der Waals surface area contributed by atoms with Gasteiger partial charge in [0, 0.05) is 19.0 Å². The molecule has 1 atom stereocenters. The van der Waals surface area contributed by atoms with Gasteiger partial charge in [-0.15, -0.1) is 0 Å². The van der Waals surface area contributed by atoms with Gasteiger partial charge in [-0.2, -0.15) is 0 Å². The molecule has 4 nitrogen and oxygen atoms in total. The van der Waals surface area contributed by atoms with Crippen molar-refractivity contribution in [1.82, 2.24) is 5.16 Å². The summed E-state index contributed by atoms with van der Waals surface area (Å²) in [6.07, 6.45) is 5.22. The highest BCUT2D eigenvalue weighted by Crippen LogP contribution is 2.41. The fourth-order valence-electron chi connectivity index (χ4n) is 3.47. The molecule has 1 aliphatic rings. The predicted octanol–water partition coefficient (Wildman–Crippen LogP) is 4.00. The van der Waals surface area contributed by atoms with E-state index in [4.69, 9.17) is 9.26 Å². The first kappa shape index (κ1) is 14.9. The maximum absolute atomic E-state index is 5.41. The molecule has 3 rings (SSSR count). The summed E-state index contributed by atoms with van der Waals surface area (Å²) in [4.78, 5) is 2.31. The molecule has 0 saturated carbocycles. The molecule has 0 fully saturated rings. The fourth-order valence-corrected chi connectivity index (χ4v) is 3.47. The van der Waals surface area contributed by atoms with Crippen molar-refractivity contribution in [1.29, 1.82) is 0 Å². The zero-order valence-corrected chi connectivity index (χ0v) is 13.6. The number of ether oxygens (including phenoxy) is 1. The Morgan fingerprint density at radius 3 is 2.86 bits per heavy atom. The van der Waals surface area contributed by atoms with E-state index in [9.17, 15) is 0 Å². The van der Waals surface area contributed by atoms with Crippen LogP contribution in [0.5, 0.6) is 5.75 Å². The molecule has 1 aromatic heterocycles. The highest BCUT2D eigenvalue weighted by atomic mass is 16.5. The molecule has 0 amide bonds. The average molecular weight is 300 g/mol. The van der Waals surface area contributed by atoms with E-state index >= 15 is 0 Å². The predicted molar refractivity (Wildman–Crippen MR) is 87.8 cm³/mol. The van der Waals surface area contributed by atoms with E-state index in [1.165, 1.54) is 17.5 Å². The molecule has 1 unspecified atom stereocenters. The van der Waals surface area contributed by atoms with Crippen LogP contribution in [0.4, 0.5) is 5.69 Å². The normalized spacial score (nSPS) is 17.1. The average Bonchev–Trinajstić information content (AvgIpc) is 3.04. The Balaban J connectivity index is 2.03. The van der Waals surface area contributed by atoms with Gasteiger partial charge >= 0.3 is 0 Å². The molecular formula is C18H24N2O2. The molecule has 1 heterocycles. The third kappa shape index (κ3) is 2.58. The number of hydrogen-bond acceptors (Lipinski definition) is 4. The number of hydrogen-bond donors (Lipinski definition) is 0. The lowest BCUT2D eigenvalue weighted by Gasteiger charge is -2.27. The summed E-state index contributed by atoms with van der Waals surface area (Å²) in [6, 6.07) is 6.41. The second-order valence-corrected chi connectivity index (χ2v) is 5.77. The first-order valence-electron chi connectivity index (χ1n) is 8.14. The minimum absolute atomic E-state index is 0.299. The van der Waals surface area contributed by atoms with E-state index < -0.39 is 0 Å². The van der Waals surface area contributed by atoms with Crippen LogP contribution in [0, 0.1) is 0 Å². The number of fused-ring (bicyclic) bond motifs is 1. The number of methoxy groups -OCH3 is 1. The van der Waals surface area contributed by atoms with Crippen LogP contribution < -0.4 is 9.64 Å². The lowest BCUT2D eigenvalue weighted by atomic mass is 9.80. The lowest BCUT2D eigenvalue weighted by molar-refractivity contribution is 0.402. The third-order valence-corrected chi connectivity index (χ3v) is 4.68. The molecular weight excluding hydrogens is 276 g/mol. The number of rotatable bonds is 5. The summed E-state index contributed by atoms with van der Waals surface area (Å²) < 4.78 is 10.7. The molecule has 0 saturated heterocycles. The molecule has 1 aromatic carbocycles. The maximum atomic E-state index is 5.41. The van der Waals surface area contributed by atoms with Crippen molar-refractivity contribution < 1.29 is 9.26 Å². The highest BCUT2D eigenvalue weighted by molar-refractivity contribution is 5.54. The smallest absolute Gasteiger partial charge is 0.147 e. The van der Waals surface area contributed by atoms with Gasteiger partial charge in [-0.25, -0.2) is 0 Å². The van der Waals surface area contributed by atoms with E-state index in [1.54, 1.807) is 13.4 Å². The zero-order valence-electron chi connectivity index (χ0n) is 13.6. The van der Waals surface area contributed by atoms with Gasteiger partial charge in [0.15, 0.2) is 0 Å². The SMILES string of the molecule is CCN(CC)c1conc1C1CCCc2ccc(OC)cc21. The van der Waals surface area contributed by atoms with Crippen LogP contribution >= 0.6 is 0 Å². The highest BCUT2D eigenvalue weighted by Gasteiger charge is 2.28. The van der Waals surface area contributed by atoms with E-state index in [-0.39, 0.29) is 0 Å². The number of benzene rings is 1. The van der Waals surface area contributed by atoms with Crippen LogP contribution in [0.2, 0.25) is 0 Å². The van der Waals surface area contributed by atoms with Gasteiger partial charge < -0.3 is 14.2 Å². The van der Waals surface area contributed by atoms with Crippen LogP contribution in [-0.2, 0) is 6.42 Å². The molecule has 0 spiro atoms. The van der Waals surface area contributed by atoms with Gasteiger partial charge in [0.25, 0.3) is 0 Å². The van der Waals surface area contributed by atoms with Crippen LogP contribution in [-0.4, -0.2) is 25.4 Å². The first-order valence-corrected chi connectivity index (χ1v) is 8.14. The molecule has 0 aliphatic heterocycles. The Bertz CT molecular complexity index is 632. The monoisotopic (exact) mass is 300 g/mol. The second kappa shape index (κ2) is 6.42. The Morgan fingerprint density at radius 1 is 1.32 bits per heavy atom. The molecule has 1 aliphatic carbocycles. The molecule has 22 heavy (non-hydrogen) atoms. The summed E-state index contributed by atoms with van der Waals surface area (Å²) in [7, 11) is 1.72. The molecule has 0 radical (unpaired) electrons. The number of anilines is 1. The van der Waals surface area contributed by atoms with Crippen molar-refractivity contribution in [2.75, 3.05) is 25.1 Å². The van der Waals surface area contributed by atoms with Gasteiger partial charge in [-0.05, 0) is 56.4 Å². The van der Waals surface area contributed by atoms with Gasteiger partial charge in [-0.3, -0.25) is 0 Å². The third-order valence-electron chi connectivity index (χ3n) is 4.68. The van der Waals surface area contributed by atoms with E-state index in [1.807, 2.05) is 0 Å². The van der Waals surface area contributed by atoms with Crippen molar-refractivity contribution in [2.45, 2.75) is 39.0 Å². The van der Waals surface area contributed by atoms with Crippen molar-refractivity contribution in [2.24, 2.45) is 0 Å². The van der Waals surface area contributed by atoms with Crippen LogP contribution in [0.1, 0.15) is 49.4 Å². The summed E-state index contributed by atoms with van der Waals surface area (Å²) >= 11 is 0. The van der Waals surface area contributed by atoms with E-state index in [0.717, 1.165) is 43.1 Å². The number of nitrogens with zero attached hydrogens (tertiary/aromatic N) is 2. The van der Waals surface area contributed by atoms with E-state index in [2.05, 4.69) is 42.1 Å². The van der Waals surface area contributed by atoms with Gasteiger partial charge in [-0.1, -0.05) is 11.2 Å². The van der Waals surface area contributed by atoms with Gasteiger partial charge in [0.05, 0.1) is 7.11 Å². The largest absolute Gasteiger partial charge is 0.497 e. The minimum atomic E-state index is 0.299. The minimum Gasteiger partial charge on any atom is -0.497 e. The number of aryl methyl sites for hydroxylation is 1. The summed E-state index contributed by atoms with van der Waals surface area (Å²) in [5.41, 5.74) is 4.95. The van der Waals surface area contributed by atoms with E-state index in [0.29, 0.717) is 5.92 Å². The van der Waals surface area contributed by atoms with Gasteiger partial charge in [0.1, 0.15) is 23.4 Å². The topological polar surface area (TPSA) is 38.5 Å². The molecule has 2 aromatic rings. The molecule has 0 N–H and O–H groups in total. The lowest BCUT2D eigenvalue weighted by Crippen LogP contribution is -2.24. The quantitative estimate of drug-likeness (QED) is 0.836. The first-order chi connectivity index (χ1) is 10.8. The van der Waals surface area contributed by atoms with Crippen LogP contribution in [0.25, 0.3) is 0 Å². The summed E-state index contributed by atoms with van der Waals surface area (Å²) in [6.45, 7) is 6.25. The van der Waals surface area contributed by atoms with Crippen molar-refractivity contribution >= 4 is 5.69 Å². The Morgan fingerprint density at radius 2 is 2.14 bits per heavy atom. The summed E-state index contributed by atoms with van der Waals surface area (Å²) in [5.74, 6) is 1.21. The fraction of sp³-hybridized carbons (Fsp3) is 0.500. The second-order valence-electron chi connectivity index (χ2n) is 5.77. The Kier molecular flexibility index (Phi) is 4.36. The van der Waals surface area contributed by atoms with Crippen LogP contribution in [0.15, 0.2) is 29.0 Å². The maximum Gasteiger partial charge on any atom is 0.147 e. The molecule has 4 heteroatoms. The Hall–Kier alpha value is -1.97. The van der Waals surface area contributed by atoms with Gasteiger partial charge in [0.2, 0.25) is 0 Å². The number of aromatic nitrogens is 1. The molecule has 0 bridgehead atoms. The van der Waals surface area contributed by atoms with Crippen molar-refractivity contribution in [3.05, 3.63) is 41.3 Å². The summed E-state index contributed by atoms with van der Waals surface area (Å²) in [5, 5.41) is 4.35. The molecule has 118 valence electrons. The van der Waals surface area contributed by atoms with Crippen molar-refractivity contribution in [3.8, 4) is 5.75 Å². The standard InChI is InChI=1S/C18H24N2O2/c1-4-20(5-2)17-12-22-19-18(17)15-8-6-7-13-9-10-14(21-3)11-16(13)15/h9-12,15H,4-8H2,1-3H3. The van der Waals surface area contributed by atoms with Crippen LogP contribution in [0.3, 0.4) is 0 Å². The zero-order chi connectivity index (χ0) is 15.5. The van der Waals surface area contributed by atoms with Crippen molar-refractivity contribution in [3.63, 3.8) is 0 Å².